The number of thiol groups is 1. The Morgan fingerprint density at radius 2 is 1.18 bits per heavy atom. The summed E-state index contributed by atoms with van der Waals surface area (Å²) in [4.78, 5) is 14.9. The molecule has 0 spiro atoms. The van der Waals surface area contributed by atoms with Crippen LogP contribution in [0.4, 0.5) is 0 Å². The molecule has 0 saturated heterocycles. The fraction of sp³-hybridized carbons (Fsp3) is 1.00. The molecule has 0 bridgehead atoms. The first-order chi connectivity index (χ1) is 7.74. The summed E-state index contributed by atoms with van der Waals surface area (Å²) >= 11 is 4.04. The average Bonchev–Trinajstić information content (AvgIpc) is 2.31. The fourth-order valence-corrected chi connectivity index (χ4v) is 1.21. The number of aliphatic hydroxyl groups excluding tert-OH is 3. The Hall–Kier alpha value is 0.360. The zero-order valence-electron chi connectivity index (χ0n) is 9.50. The minimum Gasteiger partial charge on any atom is -1.00 e. The molecule has 0 atom stereocenters. The Kier molecular flexibility index (Phi) is 14.8. The molecule has 0 aromatic carbocycles. The van der Waals surface area contributed by atoms with Gasteiger partial charge in [-0.15, -0.1) is 14.5 Å². The molecule has 0 radical (unpaired) electrons. The van der Waals surface area contributed by atoms with Gasteiger partial charge >= 0.3 is 0 Å². The van der Waals surface area contributed by atoms with E-state index in [1.165, 1.54) is 0 Å². The number of quaternary nitrogens is 1. The van der Waals surface area contributed by atoms with Gasteiger partial charge < -0.3 is 27.7 Å². The fourth-order valence-electron chi connectivity index (χ4n) is 0.968. The number of nitrogens with zero attached hydrogens (tertiary/aromatic N) is 1. The van der Waals surface area contributed by atoms with Crippen LogP contribution >= 0.6 is 12.6 Å². The molecule has 0 aromatic heterocycles. The predicted molar refractivity (Wildman–Crippen MR) is 58.1 cm³/mol. The van der Waals surface area contributed by atoms with Crippen molar-refractivity contribution in [2.75, 3.05) is 51.9 Å². The van der Waals surface area contributed by atoms with E-state index in [0.717, 1.165) is 0 Å². The summed E-state index contributed by atoms with van der Waals surface area (Å²) in [5.74, 6) is 0.419. The molecule has 0 amide bonds. The van der Waals surface area contributed by atoms with E-state index >= 15 is 0 Å². The lowest BCUT2D eigenvalue weighted by molar-refractivity contribution is -1.37. The summed E-state index contributed by atoms with van der Waals surface area (Å²) in [6.07, 6.45) is 0. The van der Waals surface area contributed by atoms with Crippen molar-refractivity contribution < 1.29 is 47.2 Å². The molecular weight excluding hydrogens is 274 g/mol. The van der Waals surface area contributed by atoms with Crippen molar-refractivity contribution >= 4 is 12.6 Å². The van der Waals surface area contributed by atoms with Crippen molar-refractivity contribution in [3.8, 4) is 0 Å². The van der Waals surface area contributed by atoms with E-state index in [0.29, 0.717) is 5.75 Å². The van der Waals surface area contributed by atoms with Crippen molar-refractivity contribution in [2.24, 2.45) is 0 Å². The lowest BCUT2D eigenvalue weighted by atomic mass is 10.7. The van der Waals surface area contributed by atoms with Gasteiger partial charge in [-0.1, -0.05) is 0 Å². The van der Waals surface area contributed by atoms with Gasteiger partial charge in [-0.2, -0.15) is 12.6 Å². The van der Waals surface area contributed by atoms with Crippen LogP contribution in [-0.4, -0.2) is 72.2 Å². The topological polar surface area (TPSA) is 88.4 Å². The van der Waals surface area contributed by atoms with E-state index in [2.05, 4.69) is 12.6 Å². The molecule has 0 heterocycles. The summed E-state index contributed by atoms with van der Waals surface area (Å²) in [6.45, 7) is -0.227. The summed E-state index contributed by atoms with van der Waals surface area (Å²) < 4.78 is 0. The van der Waals surface area contributed by atoms with Crippen LogP contribution in [0, 0.1) is 0 Å². The van der Waals surface area contributed by atoms with E-state index in [4.69, 9.17) is 29.8 Å². The minimum absolute atomic E-state index is 0. The molecular formula is C8H20ClNO6S. The Morgan fingerprint density at radius 3 is 1.41 bits per heavy atom. The molecule has 0 unspecified atom stereocenters. The number of aliphatic hydroxyl groups is 3. The molecule has 0 fully saturated rings. The number of halogens is 1. The number of hydrogen-bond acceptors (Lipinski definition) is 7. The molecule has 0 aromatic rings. The van der Waals surface area contributed by atoms with E-state index in [1.54, 1.807) is 0 Å². The third kappa shape index (κ3) is 9.00. The molecule has 0 rings (SSSR count). The first-order valence-corrected chi connectivity index (χ1v) is 5.63. The van der Waals surface area contributed by atoms with Crippen LogP contribution < -0.4 is 12.4 Å². The normalized spacial score (nSPS) is 11.3. The highest BCUT2D eigenvalue weighted by atomic mass is 35.5. The van der Waals surface area contributed by atoms with Crippen molar-refractivity contribution in [1.82, 2.24) is 0 Å². The molecule has 3 N–H and O–H groups in total. The van der Waals surface area contributed by atoms with Crippen LogP contribution in [-0.2, 0) is 14.5 Å². The second-order valence-corrected chi connectivity index (χ2v) is 3.18. The van der Waals surface area contributed by atoms with Crippen LogP contribution in [0.15, 0.2) is 0 Å². The Balaban J connectivity index is 0. The lowest BCUT2D eigenvalue weighted by Gasteiger charge is -2.28. The standard InChI is InChI=1S/C8H19NO6S.ClH/c10-2-5-13-9(1-8-16,14-6-3-11)15-7-4-12;/h10-12H,1-8H2;1H. The van der Waals surface area contributed by atoms with Crippen LogP contribution in [0.2, 0.25) is 0 Å². The highest BCUT2D eigenvalue weighted by Gasteiger charge is 2.34. The lowest BCUT2D eigenvalue weighted by Crippen LogP contribution is -3.00. The summed E-state index contributed by atoms with van der Waals surface area (Å²) in [5, 5.41) is 26.1. The van der Waals surface area contributed by atoms with Gasteiger partial charge in [-0.05, 0) is 0 Å². The second-order valence-electron chi connectivity index (χ2n) is 2.73. The van der Waals surface area contributed by atoms with Crippen LogP contribution in [0.1, 0.15) is 0 Å². The maximum absolute atomic E-state index is 8.68. The number of rotatable bonds is 11. The van der Waals surface area contributed by atoms with E-state index in [9.17, 15) is 0 Å². The van der Waals surface area contributed by atoms with Gasteiger partial charge in [-0.25, -0.2) is 0 Å². The first-order valence-electron chi connectivity index (χ1n) is 4.99. The van der Waals surface area contributed by atoms with Gasteiger partial charge in [0, 0.05) is 5.75 Å². The van der Waals surface area contributed by atoms with Gasteiger partial charge in [0.15, 0.2) is 6.54 Å². The third-order valence-corrected chi connectivity index (χ3v) is 1.71. The maximum Gasteiger partial charge on any atom is 0.187 e. The van der Waals surface area contributed by atoms with Gasteiger partial charge in [0.2, 0.25) is 0 Å². The van der Waals surface area contributed by atoms with Gasteiger partial charge in [0.1, 0.15) is 19.8 Å². The number of hydrogen-bond donors (Lipinski definition) is 4. The molecule has 0 aliphatic heterocycles. The van der Waals surface area contributed by atoms with Gasteiger partial charge in [0.25, 0.3) is 0 Å². The van der Waals surface area contributed by atoms with E-state index < -0.39 is 4.97 Å². The molecule has 17 heavy (non-hydrogen) atoms. The Bertz CT molecular complexity index is 145. The maximum atomic E-state index is 8.68. The Morgan fingerprint density at radius 1 is 0.824 bits per heavy atom. The Labute approximate surface area is 112 Å². The molecule has 0 saturated carbocycles. The third-order valence-electron chi connectivity index (χ3n) is 1.51. The largest absolute Gasteiger partial charge is 1.00 e. The van der Waals surface area contributed by atoms with Gasteiger partial charge in [-0.3, -0.25) is 0 Å². The molecule has 106 valence electrons. The molecule has 0 aliphatic carbocycles. The highest BCUT2D eigenvalue weighted by molar-refractivity contribution is 7.80. The number of hydroxylamine groups is 3. The minimum atomic E-state index is -0.648. The summed E-state index contributed by atoms with van der Waals surface area (Å²) in [6, 6.07) is 0. The SMILES string of the molecule is OCCO[N+](CCS)(OCCO)OCCO.[Cl-]. The zero-order chi connectivity index (χ0) is 12.3. The molecule has 9 heteroatoms. The molecule has 0 aliphatic rings. The van der Waals surface area contributed by atoms with Crippen LogP contribution in [0.25, 0.3) is 0 Å². The monoisotopic (exact) mass is 293 g/mol. The zero-order valence-corrected chi connectivity index (χ0v) is 11.1. The van der Waals surface area contributed by atoms with Crippen LogP contribution in [0.3, 0.4) is 0 Å². The predicted octanol–water partition coefficient (Wildman–Crippen LogP) is -4.49. The van der Waals surface area contributed by atoms with Crippen LogP contribution in [0.5, 0.6) is 0 Å². The van der Waals surface area contributed by atoms with E-state index in [1.807, 2.05) is 0 Å². The first kappa shape index (κ1) is 19.7. The molecule has 7 nitrogen and oxygen atoms in total. The van der Waals surface area contributed by atoms with Crippen molar-refractivity contribution in [1.29, 1.82) is 0 Å². The average molecular weight is 294 g/mol. The summed E-state index contributed by atoms with van der Waals surface area (Å²) in [5.41, 5.74) is 0. The highest BCUT2D eigenvalue weighted by Crippen LogP contribution is 2.12. The summed E-state index contributed by atoms with van der Waals surface area (Å²) in [7, 11) is 0. The van der Waals surface area contributed by atoms with Crippen molar-refractivity contribution in [3.05, 3.63) is 0 Å². The van der Waals surface area contributed by atoms with Gasteiger partial charge in [0.05, 0.1) is 24.8 Å². The quantitative estimate of drug-likeness (QED) is 0.175. The van der Waals surface area contributed by atoms with Crippen molar-refractivity contribution in [3.63, 3.8) is 0 Å². The van der Waals surface area contributed by atoms with Crippen molar-refractivity contribution in [2.45, 2.75) is 0 Å². The smallest absolute Gasteiger partial charge is 0.187 e. The second kappa shape index (κ2) is 12.8. The van der Waals surface area contributed by atoms with E-state index in [-0.39, 0.29) is 58.6 Å².